The molecule has 0 aliphatic rings. The van der Waals surface area contributed by atoms with Crippen LogP contribution in [0.15, 0.2) is 36.4 Å². The first-order valence-electron chi connectivity index (χ1n) is 9.00. The maximum atomic E-state index is 12.2. The number of methoxy groups -OCH3 is 1. The smallest absolute Gasteiger partial charge is 0.408 e. The summed E-state index contributed by atoms with van der Waals surface area (Å²) >= 11 is 4.31. The number of esters is 1. The van der Waals surface area contributed by atoms with Crippen LogP contribution in [-0.2, 0) is 20.7 Å². The van der Waals surface area contributed by atoms with Crippen molar-refractivity contribution in [2.45, 2.75) is 38.8 Å². The minimum atomic E-state index is -0.889. The number of hydrogen-bond donors (Lipinski definition) is 2. The Morgan fingerprint density at radius 1 is 1.10 bits per heavy atom. The van der Waals surface area contributed by atoms with Gasteiger partial charge in [0, 0.05) is 6.42 Å². The molecule has 2 rings (SSSR count). The molecule has 0 unspecified atom stereocenters. The van der Waals surface area contributed by atoms with Crippen molar-refractivity contribution in [1.82, 2.24) is 5.32 Å². The third-order valence-electron chi connectivity index (χ3n) is 3.73. The molecule has 2 aromatic rings. The maximum Gasteiger partial charge on any atom is 0.408 e. The van der Waals surface area contributed by atoms with Crippen molar-refractivity contribution in [1.29, 1.82) is 0 Å². The molecule has 0 bridgehead atoms. The predicted octanol–water partition coefficient (Wildman–Crippen LogP) is 5.00. The monoisotopic (exact) mass is 649 g/mol. The van der Waals surface area contributed by atoms with Crippen molar-refractivity contribution >= 4 is 57.2 Å². The maximum absolute atomic E-state index is 12.2. The fourth-order valence-electron chi connectivity index (χ4n) is 2.48. The summed E-state index contributed by atoms with van der Waals surface area (Å²) in [6, 6.07) is 9.32. The second-order valence-corrected chi connectivity index (χ2v) is 9.74. The average Bonchev–Trinajstić information content (AvgIpc) is 2.63. The second kappa shape index (κ2) is 10.5. The largest absolute Gasteiger partial charge is 0.508 e. The van der Waals surface area contributed by atoms with Crippen LogP contribution >= 0.6 is 45.2 Å². The van der Waals surface area contributed by atoms with Gasteiger partial charge in [0.25, 0.3) is 0 Å². The minimum absolute atomic E-state index is 0.161. The molecule has 1 atom stereocenters. The Balaban J connectivity index is 2.19. The number of hydrogen-bond acceptors (Lipinski definition) is 6. The number of phenolic OH excluding ortho intramolecular Hbond substituents is 1. The molecule has 2 N–H and O–H groups in total. The molecule has 0 aliphatic heterocycles. The van der Waals surface area contributed by atoms with E-state index < -0.39 is 23.7 Å². The molecule has 162 valence electrons. The summed E-state index contributed by atoms with van der Waals surface area (Å²) < 4.78 is 17.7. The molecule has 0 radical (unpaired) electrons. The molecule has 0 aliphatic carbocycles. The van der Waals surface area contributed by atoms with Crippen molar-refractivity contribution in [3.8, 4) is 17.2 Å². The Kier molecular flexibility index (Phi) is 8.59. The summed E-state index contributed by atoms with van der Waals surface area (Å²) in [4.78, 5) is 24.3. The highest BCUT2D eigenvalue weighted by Gasteiger charge is 2.26. The first-order chi connectivity index (χ1) is 14.0. The quantitative estimate of drug-likeness (QED) is 0.198. The Labute approximate surface area is 202 Å². The number of nitrogens with one attached hydrogen (secondary N) is 1. The van der Waals surface area contributed by atoms with Crippen molar-refractivity contribution in [3.05, 3.63) is 49.1 Å². The fourth-order valence-corrected chi connectivity index (χ4v) is 4.60. The normalized spacial score (nSPS) is 12.1. The fraction of sp³-hybridized carbons (Fsp3) is 0.333. The zero-order chi connectivity index (χ0) is 22.5. The van der Waals surface area contributed by atoms with Crippen LogP contribution in [0.2, 0.25) is 0 Å². The summed E-state index contributed by atoms with van der Waals surface area (Å²) in [5.74, 6) is 0.861. The molecular formula is C21H23I2NO6. The lowest BCUT2D eigenvalue weighted by Gasteiger charge is -2.23. The predicted molar refractivity (Wildman–Crippen MR) is 129 cm³/mol. The van der Waals surface area contributed by atoms with E-state index >= 15 is 0 Å². The molecule has 9 heteroatoms. The standard InChI is InChI=1S/C21H23I2NO6/c1-21(2,3)30-20(27)24-17(19(26)28-4)11-12-9-15(22)18(16(23)10-12)29-14-7-5-13(25)6-8-14/h5-10,17,25H,11H2,1-4H3,(H,24,27)/t17-/m0/s1/i9+1,10+1,11+1,12+1,15+1,16+1,17+1,18+1,19+1,24+1. The van der Waals surface area contributed by atoms with Crippen LogP contribution in [0.5, 0.6) is 17.2 Å². The molecule has 0 heterocycles. The lowest BCUT2D eigenvalue weighted by molar-refractivity contribution is -0.143. The summed E-state index contributed by atoms with van der Waals surface area (Å²) in [5, 5.41) is 12.0. The van der Waals surface area contributed by atoms with E-state index in [-0.39, 0.29) is 12.2 Å². The molecule has 0 saturated carbocycles. The SMILES string of the molecule is CO[13C](=O)[13C@H]([13CH2][13c]1[13cH][13c](I)[13c](Oc2ccc(O)cc2)[13c](I)[13cH]1)[15NH]C(=O)OC(C)(C)C. The molecule has 7 nitrogen and oxygen atoms in total. The van der Waals surface area contributed by atoms with Crippen molar-refractivity contribution in [2.24, 2.45) is 0 Å². The number of alkyl carbamates (subject to hydrolysis) is 1. The third-order valence-corrected chi connectivity index (χ3v) is 5.33. The molecule has 0 saturated heterocycles. The zero-order valence-electron chi connectivity index (χ0n) is 17.0. The van der Waals surface area contributed by atoms with Gasteiger partial charge < -0.3 is 24.6 Å². The first kappa shape index (κ1) is 24.5. The van der Waals surface area contributed by atoms with Gasteiger partial charge in [0.05, 0.1) is 14.3 Å². The highest BCUT2D eigenvalue weighted by Crippen LogP contribution is 2.33. The Morgan fingerprint density at radius 3 is 2.17 bits per heavy atom. The molecule has 2 aromatic carbocycles. The lowest BCUT2D eigenvalue weighted by Crippen LogP contribution is -2.45. The van der Waals surface area contributed by atoms with Gasteiger partial charge in [-0.2, -0.15) is 0 Å². The van der Waals surface area contributed by atoms with Crippen molar-refractivity contribution in [3.63, 3.8) is 0 Å². The van der Waals surface area contributed by atoms with Gasteiger partial charge in [-0.25, -0.2) is 9.59 Å². The van der Waals surface area contributed by atoms with Gasteiger partial charge in [0.1, 0.15) is 23.1 Å². The average molecular weight is 649 g/mol. The van der Waals surface area contributed by atoms with Crippen LogP contribution in [0, 0.1) is 7.14 Å². The molecular weight excluding hydrogens is 626 g/mol. The summed E-state index contributed by atoms with van der Waals surface area (Å²) in [7, 11) is 1.27. The van der Waals surface area contributed by atoms with E-state index in [0.29, 0.717) is 11.5 Å². The van der Waals surface area contributed by atoms with E-state index in [1.54, 1.807) is 45.0 Å². The zero-order valence-corrected chi connectivity index (χ0v) is 21.3. The van der Waals surface area contributed by atoms with Crippen molar-refractivity contribution < 1.29 is 28.9 Å². The number of ether oxygens (including phenoxy) is 3. The highest BCUT2D eigenvalue weighted by molar-refractivity contribution is 14.1. The number of phenols is 1. The van der Waals surface area contributed by atoms with Gasteiger partial charge in [-0.15, -0.1) is 0 Å². The van der Waals surface area contributed by atoms with E-state index in [0.717, 1.165) is 12.7 Å². The summed E-state index contributed by atoms with van der Waals surface area (Å²) in [6.07, 6.45) is -0.452. The van der Waals surface area contributed by atoms with E-state index in [1.807, 2.05) is 12.1 Å². The van der Waals surface area contributed by atoms with E-state index in [9.17, 15) is 14.7 Å². The lowest BCUT2D eigenvalue weighted by atomic mass is 10.2. The Morgan fingerprint density at radius 2 is 1.67 bits per heavy atom. The van der Waals surface area contributed by atoms with Crippen LogP contribution < -0.4 is 10.1 Å². The summed E-state index contributed by atoms with van der Waals surface area (Å²) in [6.45, 7) is 5.24. The molecule has 30 heavy (non-hydrogen) atoms. The number of rotatable bonds is 6. The van der Waals surface area contributed by atoms with Gasteiger partial charge in [-0.3, -0.25) is 0 Å². The van der Waals surface area contributed by atoms with Crippen molar-refractivity contribution in [2.75, 3.05) is 7.11 Å². The van der Waals surface area contributed by atoms with Crippen LogP contribution in [0.3, 0.4) is 0 Å². The van der Waals surface area contributed by atoms with E-state index in [4.69, 9.17) is 14.2 Å². The van der Waals surface area contributed by atoms with Gasteiger partial charge in [-0.05, 0) is 108 Å². The third kappa shape index (κ3) is 7.49. The molecule has 0 spiro atoms. The molecule has 0 fully saturated rings. The van der Waals surface area contributed by atoms with E-state index in [2.05, 4.69) is 50.5 Å². The van der Waals surface area contributed by atoms with Gasteiger partial charge in [0.15, 0.2) is 5.75 Å². The molecule has 1 amide bonds. The van der Waals surface area contributed by atoms with E-state index in [1.165, 1.54) is 7.11 Å². The van der Waals surface area contributed by atoms with Crippen LogP contribution in [0.25, 0.3) is 0 Å². The number of carbonyl (C=O) groups is 2. The van der Waals surface area contributed by atoms with Gasteiger partial charge >= 0.3 is 12.1 Å². The highest BCUT2D eigenvalue weighted by atomic mass is 127. The number of halogens is 2. The number of benzene rings is 2. The van der Waals surface area contributed by atoms with Crippen LogP contribution in [0.4, 0.5) is 4.79 Å². The first-order valence-corrected chi connectivity index (χ1v) is 11.2. The van der Waals surface area contributed by atoms with Crippen LogP contribution in [0.1, 0.15) is 26.3 Å². The summed E-state index contributed by atoms with van der Waals surface area (Å²) in [5.41, 5.74) is 0.149. The van der Waals surface area contributed by atoms with Gasteiger partial charge in [-0.1, -0.05) is 0 Å². The number of amides is 1. The Hall–Kier alpha value is -1.76. The number of carbonyl (C=O) groups excluding carboxylic acids is 2. The van der Waals surface area contributed by atoms with Crippen LogP contribution in [-0.4, -0.2) is 35.9 Å². The minimum Gasteiger partial charge on any atom is -0.508 e. The second-order valence-electron chi connectivity index (χ2n) is 7.41. The Bertz CT molecular complexity index is 886. The van der Waals surface area contributed by atoms with Gasteiger partial charge in [0.2, 0.25) is 0 Å². The number of aromatic hydroxyl groups is 1. The topological polar surface area (TPSA) is 94.1 Å². The molecule has 0 aromatic heterocycles.